The highest BCUT2D eigenvalue weighted by Crippen LogP contribution is 2.23. The summed E-state index contributed by atoms with van der Waals surface area (Å²) in [5.41, 5.74) is 2.74. The number of nitrogens with zero attached hydrogens (tertiary/aromatic N) is 3. The third kappa shape index (κ3) is 4.63. The third-order valence-corrected chi connectivity index (χ3v) is 4.81. The largest absolute Gasteiger partial charge is 0.314 e. The smallest absolute Gasteiger partial charge is 0.0479 e. The fraction of sp³-hybridized carbons (Fsp3) is 0.450. The van der Waals surface area contributed by atoms with Gasteiger partial charge in [-0.15, -0.1) is 0 Å². The van der Waals surface area contributed by atoms with E-state index < -0.39 is 0 Å². The topological polar surface area (TPSA) is 31.4 Å². The van der Waals surface area contributed by atoms with E-state index in [0.717, 1.165) is 45.8 Å². The van der Waals surface area contributed by atoms with Crippen LogP contribution in [0.5, 0.6) is 0 Å². The number of aromatic nitrogens is 1. The van der Waals surface area contributed by atoms with Crippen LogP contribution in [0.2, 0.25) is 0 Å². The van der Waals surface area contributed by atoms with E-state index in [1.807, 2.05) is 12.4 Å². The Labute approximate surface area is 145 Å². The molecule has 1 fully saturated rings. The second-order valence-corrected chi connectivity index (χ2v) is 6.40. The average Bonchev–Trinajstić information content (AvgIpc) is 2.67. The van der Waals surface area contributed by atoms with Crippen molar-refractivity contribution < 1.29 is 0 Å². The summed E-state index contributed by atoms with van der Waals surface area (Å²) in [4.78, 5) is 9.36. The van der Waals surface area contributed by atoms with Crippen molar-refractivity contribution in [3.63, 3.8) is 0 Å². The van der Waals surface area contributed by atoms with Crippen LogP contribution in [0.4, 0.5) is 0 Å². The molecule has 1 aliphatic rings. The SMILES string of the molecule is CCN(Cc1ccccc1)C(CN1CCNCC1)c1ccncc1. The van der Waals surface area contributed by atoms with Crippen LogP contribution in [0.25, 0.3) is 0 Å². The van der Waals surface area contributed by atoms with Crippen LogP contribution in [0.1, 0.15) is 24.1 Å². The molecule has 0 saturated carbocycles. The van der Waals surface area contributed by atoms with Crippen molar-refractivity contribution in [1.29, 1.82) is 0 Å². The average molecular weight is 324 g/mol. The highest BCUT2D eigenvalue weighted by molar-refractivity contribution is 5.18. The second-order valence-electron chi connectivity index (χ2n) is 6.40. The quantitative estimate of drug-likeness (QED) is 0.848. The molecule has 24 heavy (non-hydrogen) atoms. The Hall–Kier alpha value is -1.75. The number of benzene rings is 1. The fourth-order valence-corrected chi connectivity index (χ4v) is 3.42. The molecule has 0 amide bonds. The normalized spacial score (nSPS) is 17.1. The van der Waals surface area contributed by atoms with E-state index in [0.29, 0.717) is 6.04 Å². The van der Waals surface area contributed by atoms with Crippen LogP contribution in [0.15, 0.2) is 54.9 Å². The molecule has 0 bridgehead atoms. The number of likely N-dealkylation sites (N-methyl/N-ethyl adjacent to an activating group) is 1. The van der Waals surface area contributed by atoms with Gasteiger partial charge in [0, 0.05) is 57.7 Å². The lowest BCUT2D eigenvalue weighted by Crippen LogP contribution is -2.47. The maximum absolute atomic E-state index is 4.20. The zero-order chi connectivity index (χ0) is 16.6. The van der Waals surface area contributed by atoms with Crippen LogP contribution < -0.4 is 5.32 Å². The fourth-order valence-electron chi connectivity index (χ4n) is 3.42. The Morgan fingerprint density at radius 1 is 1.08 bits per heavy atom. The molecule has 1 saturated heterocycles. The van der Waals surface area contributed by atoms with Crippen LogP contribution in [-0.2, 0) is 6.54 Å². The summed E-state index contributed by atoms with van der Waals surface area (Å²) < 4.78 is 0. The van der Waals surface area contributed by atoms with Crippen LogP contribution in [-0.4, -0.2) is 54.1 Å². The monoisotopic (exact) mass is 324 g/mol. The first-order valence-corrected chi connectivity index (χ1v) is 8.98. The molecule has 1 unspecified atom stereocenters. The van der Waals surface area contributed by atoms with Gasteiger partial charge in [-0.1, -0.05) is 37.3 Å². The molecule has 1 aromatic heterocycles. The molecule has 1 aliphatic heterocycles. The summed E-state index contributed by atoms with van der Waals surface area (Å²) in [5.74, 6) is 0. The summed E-state index contributed by atoms with van der Waals surface area (Å²) in [5, 5.41) is 3.45. The van der Waals surface area contributed by atoms with Gasteiger partial charge in [0.2, 0.25) is 0 Å². The van der Waals surface area contributed by atoms with E-state index in [-0.39, 0.29) is 0 Å². The van der Waals surface area contributed by atoms with Crippen molar-refractivity contribution in [1.82, 2.24) is 20.1 Å². The molecule has 4 nitrogen and oxygen atoms in total. The summed E-state index contributed by atoms with van der Waals surface area (Å²) in [6, 6.07) is 15.5. The molecule has 1 atom stereocenters. The van der Waals surface area contributed by atoms with Crippen molar-refractivity contribution in [2.75, 3.05) is 39.3 Å². The predicted octanol–water partition coefficient (Wildman–Crippen LogP) is 2.55. The molecule has 4 heteroatoms. The van der Waals surface area contributed by atoms with Crippen molar-refractivity contribution in [2.45, 2.75) is 19.5 Å². The lowest BCUT2D eigenvalue weighted by molar-refractivity contribution is 0.128. The molecule has 2 aromatic rings. The van der Waals surface area contributed by atoms with Crippen molar-refractivity contribution >= 4 is 0 Å². The maximum atomic E-state index is 4.20. The van der Waals surface area contributed by atoms with Gasteiger partial charge in [-0.2, -0.15) is 0 Å². The Morgan fingerprint density at radius 3 is 2.46 bits per heavy atom. The van der Waals surface area contributed by atoms with Gasteiger partial charge in [0.15, 0.2) is 0 Å². The Bertz CT molecular complexity index is 581. The minimum atomic E-state index is 0.399. The van der Waals surface area contributed by atoms with Gasteiger partial charge in [0.05, 0.1) is 0 Å². The van der Waals surface area contributed by atoms with Gasteiger partial charge in [-0.25, -0.2) is 0 Å². The molecule has 0 spiro atoms. The third-order valence-electron chi connectivity index (χ3n) is 4.81. The van der Waals surface area contributed by atoms with Crippen molar-refractivity contribution in [3.05, 3.63) is 66.0 Å². The minimum Gasteiger partial charge on any atom is -0.314 e. The second kappa shape index (κ2) is 8.92. The first-order valence-electron chi connectivity index (χ1n) is 8.98. The Morgan fingerprint density at radius 2 is 1.79 bits per heavy atom. The van der Waals surface area contributed by atoms with E-state index in [9.17, 15) is 0 Å². The maximum Gasteiger partial charge on any atom is 0.0479 e. The van der Waals surface area contributed by atoms with Gasteiger partial charge in [0.25, 0.3) is 0 Å². The van der Waals surface area contributed by atoms with Crippen molar-refractivity contribution in [3.8, 4) is 0 Å². The summed E-state index contributed by atoms with van der Waals surface area (Å²) in [6.45, 7) is 9.79. The molecule has 0 aliphatic carbocycles. The molecular weight excluding hydrogens is 296 g/mol. The Kier molecular flexibility index (Phi) is 6.35. The van der Waals surface area contributed by atoms with E-state index in [1.165, 1.54) is 11.1 Å². The van der Waals surface area contributed by atoms with E-state index >= 15 is 0 Å². The van der Waals surface area contributed by atoms with Gasteiger partial charge in [-0.3, -0.25) is 14.8 Å². The minimum absolute atomic E-state index is 0.399. The van der Waals surface area contributed by atoms with Gasteiger partial charge in [0.1, 0.15) is 0 Å². The van der Waals surface area contributed by atoms with Gasteiger partial charge >= 0.3 is 0 Å². The molecule has 1 N–H and O–H groups in total. The van der Waals surface area contributed by atoms with E-state index in [1.54, 1.807) is 0 Å². The van der Waals surface area contributed by atoms with E-state index in [4.69, 9.17) is 0 Å². The first-order chi connectivity index (χ1) is 11.9. The lowest BCUT2D eigenvalue weighted by atomic mass is 10.0. The summed E-state index contributed by atoms with van der Waals surface area (Å²) >= 11 is 0. The van der Waals surface area contributed by atoms with Crippen LogP contribution >= 0.6 is 0 Å². The Balaban J connectivity index is 1.78. The molecule has 3 rings (SSSR count). The molecule has 0 radical (unpaired) electrons. The summed E-state index contributed by atoms with van der Waals surface area (Å²) in [7, 11) is 0. The number of rotatable bonds is 7. The number of piperazine rings is 1. The molecular formula is C20H28N4. The predicted molar refractivity (Wildman–Crippen MR) is 98.8 cm³/mol. The lowest BCUT2D eigenvalue weighted by Gasteiger charge is -2.37. The standard InChI is InChI=1S/C20H28N4/c1-2-24(16-18-6-4-3-5-7-18)20(19-8-10-21-11-9-19)17-23-14-12-22-13-15-23/h3-11,20,22H,2,12-17H2,1H3. The number of hydrogen-bond donors (Lipinski definition) is 1. The highest BCUT2D eigenvalue weighted by Gasteiger charge is 2.23. The number of pyridine rings is 1. The van der Waals surface area contributed by atoms with Crippen molar-refractivity contribution in [2.24, 2.45) is 0 Å². The molecule has 2 heterocycles. The van der Waals surface area contributed by atoms with Crippen LogP contribution in [0, 0.1) is 0 Å². The summed E-state index contributed by atoms with van der Waals surface area (Å²) in [6.07, 6.45) is 3.83. The zero-order valence-corrected chi connectivity index (χ0v) is 14.6. The highest BCUT2D eigenvalue weighted by atomic mass is 15.2. The van der Waals surface area contributed by atoms with Gasteiger partial charge < -0.3 is 5.32 Å². The molecule has 1 aromatic carbocycles. The number of nitrogens with one attached hydrogen (secondary N) is 1. The first kappa shape index (κ1) is 17.1. The zero-order valence-electron chi connectivity index (χ0n) is 14.6. The van der Waals surface area contributed by atoms with Gasteiger partial charge in [-0.05, 0) is 29.8 Å². The van der Waals surface area contributed by atoms with E-state index in [2.05, 4.69) is 69.5 Å². The number of hydrogen-bond acceptors (Lipinski definition) is 4. The van der Waals surface area contributed by atoms with Crippen LogP contribution in [0.3, 0.4) is 0 Å². The molecule has 128 valence electrons.